The SMILES string of the molecule is COc1ccc(N(CCC(=O)Nc2cccc(NC(C)=O)c2)C(C)=O)cc1OC. The summed E-state index contributed by atoms with van der Waals surface area (Å²) in [5.41, 5.74) is 1.75. The van der Waals surface area contributed by atoms with Crippen LogP contribution in [0.5, 0.6) is 11.5 Å². The second-order valence-corrected chi connectivity index (χ2v) is 6.27. The van der Waals surface area contributed by atoms with Crippen LogP contribution < -0.4 is 25.0 Å². The number of hydrogen-bond donors (Lipinski definition) is 2. The first-order chi connectivity index (χ1) is 13.8. The Morgan fingerprint density at radius 3 is 2.14 bits per heavy atom. The van der Waals surface area contributed by atoms with Gasteiger partial charge in [0.05, 0.1) is 14.2 Å². The number of rotatable bonds is 8. The molecule has 0 saturated carbocycles. The van der Waals surface area contributed by atoms with E-state index < -0.39 is 0 Å². The number of carbonyl (C=O) groups excluding carboxylic acids is 3. The summed E-state index contributed by atoms with van der Waals surface area (Å²) in [4.78, 5) is 37.1. The van der Waals surface area contributed by atoms with Gasteiger partial charge in [0.15, 0.2) is 11.5 Å². The summed E-state index contributed by atoms with van der Waals surface area (Å²) in [6, 6.07) is 12.0. The third-order valence-corrected chi connectivity index (χ3v) is 4.09. The van der Waals surface area contributed by atoms with Gasteiger partial charge in [0, 0.05) is 49.9 Å². The van der Waals surface area contributed by atoms with Gasteiger partial charge in [0.2, 0.25) is 17.7 Å². The first-order valence-electron chi connectivity index (χ1n) is 9.01. The number of methoxy groups -OCH3 is 2. The number of carbonyl (C=O) groups is 3. The van der Waals surface area contributed by atoms with E-state index in [1.807, 2.05) is 0 Å². The predicted molar refractivity (Wildman–Crippen MR) is 112 cm³/mol. The van der Waals surface area contributed by atoms with Gasteiger partial charge < -0.3 is 25.0 Å². The second-order valence-electron chi connectivity index (χ2n) is 6.27. The maximum absolute atomic E-state index is 12.3. The van der Waals surface area contributed by atoms with E-state index in [-0.39, 0.29) is 30.7 Å². The maximum atomic E-state index is 12.3. The average Bonchev–Trinajstić information content (AvgIpc) is 2.67. The number of nitrogens with one attached hydrogen (secondary N) is 2. The minimum absolute atomic E-state index is 0.0955. The molecule has 0 fully saturated rings. The minimum Gasteiger partial charge on any atom is -0.493 e. The molecule has 0 radical (unpaired) electrons. The van der Waals surface area contributed by atoms with Crippen LogP contribution in [0.3, 0.4) is 0 Å². The van der Waals surface area contributed by atoms with Crippen LogP contribution >= 0.6 is 0 Å². The van der Waals surface area contributed by atoms with Crippen LogP contribution in [0, 0.1) is 0 Å². The van der Waals surface area contributed by atoms with Gasteiger partial charge in [-0.1, -0.05) is 6.07 Å². The zero-order chi connectivity index (χ0) is 21.4. The van der Waals surface area contributed by atoms with Crippen molar-refractivity contribution in [2.45, 2.75) is 20.3 Å². The molecule has 0 atom stereocenters. The molecule has 0 aromatic heterocycles. The van der Waals surface area contributed by atoms with Crippen molar-refractivity contribution in [2.24, 2.45) is 0 Å². The monoisotopic (exact) mass is 399 g/mol. The third kappa shape index (κ3) is 6.24. The highest BCUT2D eigenvalue weighted by Gasteiger charge is 2.16. The van der Waals surface area contributed by atoms with Crippen molar-refractivity contribution in [1.82, 2.24) is 0 Å². The van der Waals surface area contributed by atoms with Crippen LogP contribution in [0.2, 0.25) is 0 Å². The summed E-state index contributed by atoms with van der Waals surface area (Å²) in [6.45, 7) is 3.04. The van der Waals surface area contributed by atoms with E-state index >= 15 is 0 Å². The Balaban J connectivity index is 2.04. The quantitative estimate of drug-likeness (QED) is 0.711. The maximum Gasteiger partial charge on any atom is 0.226 e. The van der Waals surface area contributed by atoms with Crippen molar-refractivity contribution in [3.63, 3.8) is 0 Å². The molecule has 0 aliphatic heterocycles. The van der Waals surface area contributed by atoms with Crippen molar-refractivity contribution in [1.29, 1.82) is 0 Å². The molecule has 2 N–H and O–H groups in total. The van der Waals surface area contributed by atoms with Gasteiger partial charge in [-0.15, -0.1) is 0 Å². The molecule has 0 aliphatic carbocycles. The van der Waals surface area contributed by atoms with Crippen LogP contribution in [0.25, 0.3) is 0 Å². The largest absolute Gasteiger partial charge is 0.493 e. The van der Waals surface area contributed by atoms with Crippen molar-refractivity contribution >= 4 is 34.8 Å². The molecule has 29 heavy (non-hydrogen) atoms. The molecule has 2 aromatic carbocycles. The molecular formula is C21H25N3O5. The Kier molecular flexibility index (Phi) is 7.59. The zero-order valence-corrected chi connectivity index (χ0v) is 16.9. The molecule has 8 heteroatoms. The molecule has 0 spiro atoms. The first kappa shape index (κ1) is 21.7. The fourth-order valence-electron chi connectivity index (χ4n) is 2.78. The molecule has 8 nitrogen and oxygen atoms in total. The highest BCUT2D eigenvalue weighted by Crippen LogP contribution is 2.31. The fraction of sp³-hybridized carbons (Fsp3) is 0.286. The normalized spacial score (nSPS) is 10.1. The lowest BCUT2D eigenvalue weighted by atomic mass is 10.2. The van der Waals surface area contributed by atoms with E-state index in [0.29, 0.717) is 28.6 Å². The van der Waals surface area contributed by atoms with Gasteiger partial charge in [-0.3, -0.25) is 14.4 Å². The molecule has 154 valence electrons. The first-order valence-corrected chi connectivity index (χ1v) is 9.01. The zero-order valence-electron chi connectivity index (χ0n) is 16.9. The van der Waals surface area contributed by atoms with E-state index in [1.54, 1.807) is 42.5 Å². The van der Waals surface area contributed by atoms with Crippen molar-refractivity contribution < 1.29 is 23.9 Å². The van der Waals surface area contributed by atoms with Crippen molar-refractivity contribution in [3.05, 3.63) is 42.5 Å². The lowest BCUT2D eigenvalue weighted by Crippen LogP contribution is -2.32. The minimum atomic E-state index is -0.253. The summed E-state index contributed by atoms with van der Waals surface area (Å²) in [7, 11) is 3.05. The van der Waals surface area contributed by atoms with Gasteiger partial charge in [-0.2, -0.15) is 0 Å². The molecular weight excluding hydrogens is 374 g/mol. The van der Waals surface area contributed by atoms with E-state index in [0.717, 1.165) is 0 Å². The van der Waals surface area contributed by atoms with E-state index in [1.165, 1.54) is 33.0 Å². The lowest BCUT2D eigenvalue weighted by Gasteiger charge is -2.22. The molecule has 0 bridgehead atoms. The Hall–Kier alpha value is -3.55. The number of amides is 3. The fourth-order valence-corrected chi connectivity index (χ4v) is 2.78. The van der Waals surface area contributed by atoms with Crippen LogP contribution in [0.4, 0.5) is 17.1 Å². The molecule has 2 rings (SSSR count). The van der Waals surface area contributed by atoms with Crippen molar-refractivity contribution in [2.75, 3.05) is 36.3 Å². The van der Waals surface area contributed by atoms with Gasteiger partial charge in [-0.25, -0.2) is 0 Å². The number of ether oxygens (including phenoxy) is 2. The van der Waals surface area contributed by atoms with E-state index in [9.17, 15) is 14.4 Å². The highest BCUT2D eigenvalue weighted by atomic mass is 16.5. The number of anilines is 3. The Morgan fingerprint density at radius 1 is 0.897 bits per heavy atom. The Morgan fingerprint density at radius 2 is 1.55 bits per heavy atom. The second kappa shape index (κ2) is 10.1. The highest BCUT2D eigenvalue weighted by molar-refractivity contribution is 5.96. The van der Waals surface area contributed by atoms with Crippen LogP contribution in [-0.4, -0.2) is 38.5 Å². The summed E-state index contributed by atoms with van der Waals surface area (Å²) in [5, 5.41) is 5.43. The molecule has 0 heterocycles. The number of hydrogen-bond acceptors (Lipinski definition) is 5. The number of benzene rings is 2. The van der Waals surface area contributed by atoms with Crippen LogP contribution in [0.15, 0.2) is 42.5 Å². The Bertz CT molecular complexity index is 898. The predicted octanol–water partition coefficient (Wildman–Crippen LogP) is 3.04. The Labute approximate surface area is 169 Å². The summed E-state index contributed by atoms with van der Waals surface area (Å²) in [6.07, 6.45) is 0.0955. The van der Waals surface area contributed by atoms with Gasteiger partial charge >= 0.3 is 0 Å². The third-order valence-electron chi connectivity index (χ3n) is 4.09. The smallest absolute Gasteiger partial charge is 0.226 e. The van der Waals surface area contributed by atoms with Crippen LogP contribution in [0.1, 0.15) is 20.3 Å². The molecule has 0 saturated heterocycles. The molecule has 3 amide bonds. The van der Waals surface area contributed by atoms with Gasteiger partial charge in [0.1, 0.15) is 0 Å². The molecule has 2 aromatic rings. The van der Waals surface area contributed by atoms with Gasteiger partial charge in [0.25, 0.3) is 0 Å². The standard InChI is InChI=1S/C21H25N3O5/c1-14(25)22-16-6-5-7-17(12-16)23-21(27)10-11-24(15(2)26)18-8-9-19(28-3)20(13-18)29-4/h5-9,12-13H,10-11H2,1-4H3,(H,22,25)(H,23,27). The average molecular weight is 399 g/mol. The van der Waals surface area contributed by atoms with Crippen molar-refractivity contribution in [3.8, 4) is 11.5 Å². The molecule has 0 aliphatic rings. The van der Waals surface area contributed by atoms with E-state index in [4.69, 9.17) is 9.47 Å². The number of nitrogens with zero attached hydrogens (tertiary/aromatic N) is 1. The van der Waals surface area contributed by atoms with E-state index in [2.05, 4.69) is 10.6 Å². The topological polar surface area (TPSA) is 97.0 Å². The van der Waals surface area contributed by atoms with Crippen LogP contribution in [-0.2, 0) is 14.4 Å². The summed E-state index contributed by atoms with van der Waals surface area (Å²) in [5.74, 6) is 0.405. The summed E-state index contributed by atoms with van der Waals surface area (Å²) >= 11 is 0. The summed E-state index contributed by atoms with van der Waals surface area (Å²) < 4.78 is 10.5. The van der Waals surface area contributed by atoms with Gasteiger partial charge in [-0.05, 0) is 30.3 Å². The lowest BCUT2D eigenvalue weighted by molar-refractivity contribution is -0.117. The molecule has 0 unspecified atom stereocenters.